The lowest BCUT2D eigenvalue weighted by molar-refractivity contribution is 0.104. The zero-order chi connectivity index (χ0) is 23.3. The van der Waals surface area contributed by atoms with Gasteiger partial charge in [-0.2, -0.15) is 0 Å². The molecule has 3 rings (SSSR count). The van der Waals surface area contributed by atoms with Gasteiger partial charge in [0, 0.05) is 17.5 Å². The van der Waals surface area contributed by atoms with Crippen molar-refractivity contribution in [2.24, 2.45) is 0 Å². The zero-order valence-electron chi connectivity index (χ0n) is 17.4. The number of allylic oxidation sites excluding steroid dienone is 1. The summed E-state index contributed by atoms with van der Waals surface area (Å²) in [6.45, 7) is 1.94. The second-order valence-corrected chi connectivity index (χ2v) is 8.73. The van der Waals surface area contributed by atoms with Crippen LogP contribution in [0.1, 0.15) is 22.8 Å². The number of carbonyl (C=O) groups is 1. The maximum Gasteiger partial charge on any atom is 0.214 e. The van der Waals surface area contributed by atoms with Gasteiger partial charge in [-0.05, 0) is 54.4 Å². The number of hydrogen-bond acceptors (Lipinski definition) is 5. The van der Waals surface area contributed by atoms with Crippen LogP contribution in [0.4, 0.5) is 14.5 Å². The first-order valence-electron chi connectivity index (χ1n) is 9.70. The molecule has 0 unspecified atom stereocenters. The summed E-state index contributed by atoms with van der Waals surface area (Å²) in [6, 6.07) is 15.0. The molecule has 0 bridgehead atoms. The van der Waals surface area contributed by atoms with E-state index in [-0.39, 0.29) is 5.56 Å². The molecule has 0 atom stereocenters. The predicted octanol–water partition coefficient (Wildman–Crippen LogP) is 5.15. The van der Waals surface area contributed by atoms with E-state index in [1.54, 1.807) is 36.4 Å². The molecule has 0 radical (unpaired) electrons. The Hall–Kier alpha value is -3.52. The average molecular weight is 457 g/mol. The van der Waals surface area contributed by atoms with E-state index in [4.69, 9.17) is 4.74 Å². The van der Waals surface area contributed by atoms with Crippen molar-refractivity contribution in [2.45, 2.75) is 18.2 Å². The highest BCUT2D eigenvalue weighted by Crippen LogP contribution is 2.27. The number of halogens is 2. The third-order valence-corrected chi connectivity index (χ3v) is 6.55. The van der Waals surface area contributed by atoms with Gasteiger partial charge in [0.2, 0.25) is 15.6 Å². The molecule has 5 nitrogen and oxygen atoms in total. The number of carbonyl (C=O) groups excluding carboxylic acids is 1. The van der Waals surface area contributed by atoms with Gasteiger partial charge in [0.25, 0.3) is 0 Å². The minimum absolute atomic E-state index is 0.102. The van der Waals surface area contributed by atoms with Gasteiger partial charge in [0.1, 0.15) is 27.2 Å². The van der Waals surface area contributed by atoms with Crippen molar-refractivity contribution in [2.75, 3.05) is 12.4 Å². The molecule has 0 amide bonds. The van der Waals surface area contributed by atoms with Crippen molar-refractivity contribution in [1.29, 1.82) is 0 Å². The topological polar surface area (TPSA) is 72.5 Å². The molecule has 3 aromatic rings. The molecule has 0 aromatic heterocycles. The molecule has 166 valence electrons. The first-order chi connectivity index (χ1) is 15.3. The second-order valence-electron chi connectivity index (χ2n) is 6.84. The summed E-state index contributed by atoms with van der Waals surface area (Å²) in [5.74, 6) is -2.36. The van der Waals surface area contributed by atoms with Crippen LogP contribution in [0.25, 0.3) is 0 Å². The van der Waals surface area contributed by atoms with Gasteiger partial charge in [-0.3, -0.25) is 4.79 Å². The number of anilines is 1. The van der Waals surface area contributed by atoms with Crippen LogP contribution in [0, 0.1) is 11.6 Å². The number of hydrogen-bond donors (Lipinski definition) is 1. The van der Waals surface area contributed by atoms with Crippen molar-refractivity contribution >= 4 is 21.3 Å². The Morgan fingerprint density at radius 2 is 1.66 bits per heavy atom. The van der Waals surface area contributed by atoms with Crippen molar-refractivity contribution in [3.05, 3.63) is 101 Å². The highest BCUT2D eigenvalue weighted by Gasteiger charge is 2.31. The lowest BCUT2D eigenvalue weighted by atomic mass is 10.1. The molecule has 0 saturated carbocycles. The minimum Gasteiger partial charge on any atom is -0.497 e. The Morgan fingerprint density at radius 1 is 1.00 bits per heavy atom. The van der Waals surface area contributed by atoms with Gasteiger partial charge in [-0.15, -0.1) is 0 Å². The molecular formula is C24H21F2NO4S. The molecule has 0 fully saturated rings. The number of aryl methyl sites for hydroxylation is 1. The molecule has 0 aliphatic heterocycles. The first-order valence-corrected chi connectivity index (χ1v) is 11.2. The van der Waals surface area contributed by atoms with Gasteiger partial charge >= 0.3 is 0 Å². The Balaban J connectivity index is 2.08. The van der Waals surface area contributed by atoms with Crippen LogP contribution in [-0.4, -0.2) is 21.3 Å². The third-order valence-electron chi connectivity index (χ3n) is 4.78. The Kier molecular flexibility index (Phi) is 7.05. The van der Waals surface area contributed by atoms with Crippen molar-refractivity contribution in [1.82, 2.24) is 0 Å². The molecular weight excluding hydrogens is 436 g/mol. The van der Waals surface area contributed by atoms with Crippen molar-refractivity contribution in [3.63, 3.8) is 0 Å². The molecule has 1 N–H and O–H groups in total. The number of nitrogens with one attached hydrogen (secondary N) is 1. The quantitative estimate of drug-likeness (QED) is 0.374. The van der Waals surface area contributed by atoms with Gasteiger partial charge in [0.15, 0.2) is 0 Å². The van der Waals surface area contributed by atoms with Crippen LogP contribution in [0.3, 0.4) is 0 Å². The molecule has 0 saturated heterocycles. The van der Waals surface area contributed by atoms with Crippen LogP contribution in [0.2, 0.25) is 0 Å². The standard InChI is InChI=1S/C24H21F2NO4S/c1-3-16-4-6-17(7-5-16)24(28)23(15-27-19-9-11-20(31-2)12-10-19)32(29,30)22-14-18(25)8-13-21(22)26/h4-15,27H,3H2,1-2H3/b23-15-. The van der Waals surface area contributed by atoms with E-state index in [1.165, 1.54) is 19.2 Å². The van der Waals surface area contributed by atoms with E-state index in [0.717, 1.165) is 24.3 Å². The fraction of sp³-hybridized carbons (Fsp3) is 0.125. The summed E-state index contributed by atoms with van der Waals surface area (Å²) in [5.41, 5.74) is 1.53. The zero-order valence-corrected chi connectivity index (χ0v) is 18.2. The molecule has 0 aliphatic carbocycles. The Bertz CT molecular complexity index is 1250. The lowest BCUT2D eigenvalue weighted by Gasteiger charge is -2.11. The summed E-state index contributed by atoms with van der Waals surface area (Å²) in [7, 11) is -3.19. The summed E-state index contributed by atoms with van der Waals surface area (Å²) < 4.78 is 59.5. The molecule has 3 aromatic carbocycles. The summed E-state index contributed by atoms with van der Waals surface area (Å²) in [6.07, 6.45) is 1.72. The van der Waals surface area contributed by atoms with E-state index in [2.05, 4.69) is 5.32 Å². The van der Waals surface area contributed by atoms with Crippen molar-refractivity contribution < 1.29 is 26.7 Å². The number of sulfone groups is 1. The number of rotatable bonds is 8. The average Bonchev–Trinajstić information content (AvgIpc) is 2.80. The molecule has 0 heterocycles. The van der Waals surface area contributed by atoms with Crippen LogP contribution in [-0.2, 0) is 16.3 Å². The summed E-state index contributed by atoms with van der Waals surface area (Å²) in [4.78, 5) is 11.5. The van der Waals surface area contributed by atoms with Crippen LogP contribution in [0.5, 0.6) is 5.75 Å². The van der Waals surface area contributed by atoms with E-state index < -0.39 is 37.1 Å². The number of methoxy groups -OCH3 is 1. The van der Waals surface area contributed by atoms with E-state index in [0.29, 0.717) is 23.6 Å². The molecule has 0 aliphatic rings. The van der Waals surface area contributed by atoms with Crippen molar-refractivity contribution in [3.8, 4) is 5.75 Å². The van der Waals surface area contributed by atoms with Gasteiger partial charge in [-0.25, -0.2) is 17.2 Å². The Labute approximate surface area is 185 Å². The normalized spacial score (nSPS) is 11.8. The number of benzene rings is 3. The SMILES string of the molecule is CCc1ccc(C(=O)/C(=C/Nc2ccc(OC)cc2)S(=O)(=O)c2cc(F)ccc2F)cc1. The van der Waals surface area contributed by atoms with Gasteiger partial charge in [0.05, 0.1) is 7.11 Å². The number of ketones is 1. The van der Waals surface area contributed by atoms with E-state index in [1.807, 2.05) is 6.92 Å². The molecule has 32 heavy (non-hydrogen) atoms. The lowest BCUT2D eigenvalue weighted by Crippen LogP contribution is -2.17. The first kappa shape index (κ1) is 23.1. The fourth-order valence-corrected chi connectivity index (χ4v) is 4.34. The monoisotopic (exact) mass is 457 g/mol. The molecule has 8 heteroatoms. The second kappa shape index (κ2) is 9.74. The summed E-state index contributed by atoms with van der Waals surface area (Å²) in [5, 5.41) is 2.75. The fourth-order valence-electron chi connectivity index (χ4n) is 2.94. The minimum atomic E-state index is -4.69. The highest BCUT2D eigenvalue weighted by molar-refractivity contribution is 7.96. The highest BCUT2D eigenvalue weighted by atomic mass is 32.2. The van der Waals surface area contributed by atoms with Gasteiger partial charge < -0.3 is 10.1 Å². The third kappa shape index (κ3) is 5.03. The van der Waals surface area contributed by atoms with E-state index in [9.17, 15) is 22.0 Å². The largest absolute Gasteiger partial charge is 0.497 e. The Morgan fingerprint density at radius 3 is 2.25 bits per heavy atom. The van der Waals surface area contributed by atoms with Crippen LogP contribution in [0.15, 0.2) is 82.7 Å². The predicted molar refractivity (Wildman–Crippen MR) is 118 cm³/mol. The smallest absolute Gasteiger partial charge is 0.214 e. The number of Topliss-reactive ketones (excluding diaryl/α,β-unsaturated/α-hetero) is 1. The molecule has 0 spiro atoms. The maximum atomic E-state index is 14.3. The van der Waals surface area contributed by atoms with Crippen LogP contribution < -0.4 is 10.1 Å². The summed E-state index contributed by atoms with van der Waals surface area (Å²) >= 11 is 0. The number of ether oxygens (including phenoxy) is 1. The van der Waals surface area contributed by atoms with Gasteiger partial charge in [-0.1, -0.05) is 31.2 Å². The van der Waals surface area contributed by atoms with Crippen LogP contribution >= 0.6 is 0 Å². The van der Waals surface area contributed by atoms with E-state index >= 15 is 0 Å². The maximum absolute atomic E-state index is 14.3.